The van der Waals surface area contributed by atoms with Gasteiger partial charge in [-0.25, -0.2) is 0 Å². The molecule has 1 atom stereocenters. The maximum atomic E-state index is 11.4. The van der Waals surface area contributed by atoms with E-state index >= 15 is 0 Å². The summed E-state index contributed by atoms with van der Waals surface area (Å²) < 4.78 is 9.82. The number of carbonyl (C=O) groups is 1. The number of hydrogen-bond donors (Lipinski definition) is 1. The fraction of sp³-hybridized carbons (Fsp3) is 0.900. The third-order valence-corrected chi connectivity index (χ3v) is 1.92. The van der Waals surface area contributed by atoms with E-state index in [1.165, 1.54) is 0 Å². The molecular formula is C10H21NO3. The van der Waals surface area contributed by atoms with Gasteiger partial charge in [-0.15, -0.1) is 0 Å². The molecule has 0 fully saturated rings. The Morgan fingerprint density at radius 1 is 1.36 bits per heavy atom. The van der Waals surface area contributed by atoms with Gasteiger partial charge in [-0.3, -0.25) is 4.79 Å². The van der Waals surface area contributed by atoms with Gasteiger partial charge in [0.1, 0.15) is 6.04 Å². The molecular weight excluding hydrogens is 182 g/mol. The number of nitrogens with two attached hydrogens (primary N) is 1. The van der Waals surface area contributed by atoms with E-state index < -0.39 is 6.04 Å². The highest BCUT2D eigenvalue weighted by Gasteiger charge is 2.28. The fourth-order valence-corrected chi connectivity index (χ4v) is 0.819. The lowest BCUT2D eigenvalue weighted by Gasteiger charge is -2.24. The minimum absolute atomic E-state index is 0.252. The number of hydrogen-bond acceptors (Lipinski definition) is 4. The van der Waals surface area contributed by atoms with E-state index in [9.17, 15) is 4.79 Å². The molecule has 4 heteroatoms. The summed E-state index contributed by atoms with van der Waals surface area (Å²) in [6.07, 6.45) is 0.707. The van der Waals surface area contributed by atoms with E-state index in [1.54, 1.807) is 7.11 Å². The lowest BCUT2D eigenvalue weighted by Crippen LogP contribution is -2.43. The average molecular weight is 203 g/mol. The summed E-state index contributed by atoms with van der Waals surface area (Å²) in [6, 6.07) is -0.565. The van der Waals surface area contributed by atoms with E-state index in [-0.39, 0.29) is 11.4 Å². The third kappa shape index (κ3) is 5.19. The average Bonchev–Trinajstić information content (AvgIpc) is 2.09. The number of ether oxygens (including phenoxy) is 2. The highest BCUT2D eigenvalue weighted by atomic mass is 16.5. The van der Waals surface area contributed by atoms with E-state index in [1.807, 2.05) is 20.8 Å². The van der Waals surface area contributed by atoms with Crippen molar-refractivity contribution in [3.05, 3.63) is 0 Å². The molecule has 84 valence electrons. The Morgan fingerprint density at radius 3 is 2.36 bits per heavy atom. The topological polar surface area (TPSA) is 61.5 Å². The van der Waals surface area contributed by atoms with Crippen molar-refractivity contribution in [3.8, 4) is 0 Å². The van der Waals surface area contributed by atoms with Gasteiger partial charge in [0.2, 0.25) is 0 Å². The van der Waals surface area contributed by atoms with Crippen molar-refractivity contribution in [1.82, 2.24) is 0 Å². The van der Waals surface area contributed by atoms with Crippen LogP contribution in [-0.2, 0) is 14.3 Å². The van der Waals surface area contributed by atoms with Crippen molar-refractivity contribution >= 4 is 5.97 Å². The van der Waals surface area contributed by atoms with E-state index in [0.29, 0.717) is 19.6 Å². The third-order valence-electron chi connectivity index (χ3n) is 1.92. The van der Waals surface area contributed by atoms with Crippen molar-refractivity contribution in [2.45, 2.75) is 33.2 Å². The Hall–Kier alpha value is -0.610. The van der Waals surface area contributed by atoms with Gasteiger partial charge in [0.05, 0.1) is 6.61 Å². The molecule has 0 rings (SSSR count). The van der Waals surface area contributed by atoms with Crippen LogP contribution in [0.4, 0.5) is 0 Å². The van der Waals surface area contributed by atoms with Gasteiger partial charge in [-0.05, 0) is 5.41 Å². The Morgan fingerprint density at radius 2 is 1.93 bits per heavy atom. The first-order chi connectivity index (χ1) is 6.39. The van der Waals surface area contributed by atoms with Gasteiger partial charge >= 0.3 is 5.97 Å². The number of methoxy groups -OCH3 is 1. The van der Waals surface area contributed by atoms with Crippen LogP contribution in [0.3, 0.4) is 0 Å². The predicted molar refractivity (Wildman–Crippen MR) is 54.9 cm³/mol. The molecule has 0 aromatic carbocycles. The summed E-state index contributed by atoms with van der Waals surface area (Å²) in [5, 5.41) is 0. The molecule has 0 aromatic heterocycles. The first-order valence-electron chi connectivity index (χ1n) is 4.80. The van der Waals surface area contributed by atoms with Crippen molar-refractivity contribution in [3.63, 3.8) is 0 Å². The molecule has 0 aliphatic rings. The van der Waals surface area contributed by atoms with Gasteiger partial charge in [0.15, 0.2) is 0 Å². The van der Waals surface area contributed by atoms with Gasteiger partial charge < -0.3 is 15.2 Å². The summed E-state index contributed by atoms with van der Waals surface area (Å²) in [5.41, 5.74) is 5.45. The van der Waals surface area contributed by atoms with Crippen LogP contribution in [0.25, 0.3) is 0 Å². The molecule has 2 N–H and O–H groups in total. The van der Waals surface area contributed by atoms with Crippen LogP contribution in [-0.4, -0.2) is 32.3 Å². The van der Waals surface area contributed by atoms with Crippen LogP contribution >= 0.6 is 0 Å². The normalized spacial score (nSPS) is 13.8. The van der Waals surface area contributed by atoms with E-state index in [0.717, 1.165) is 0 Å². The number of esters is 1. The molecule has 0 amide bonds. The minimum Gasteiger partial charge on any atom is -0.464 e. The molecule has 0 radical (unpaired) electrons. The SMILES string of the molecule is COCCCOC(=O)C(N)C(C)(C)C. The monoisotopic (exact) mass is 203 g/mol. The minimum atomic E-state index is -0.565. The second-order valence-corrected chi connectivity index (χ2v) is 4.36. The molecule has 14 heavy (non-hydrogen) atoms. The molecule has 0 heterocycles. The highest BCUT2D eigenvalue weighted by Crippen LogP contribution is 2.18. The Bertz CT molecular complexity index is 175. The molecule has 0 saturated carbocycles. The summed E-state index contributed by atoms with van der Waals surface area (Å²) in [6.45, 7) is 6.70. The van der Waals surface area contributed by atoms with Gasteiger partial charge in [-0.2, -0.15) is 0 Å². The first kappa shape index (κ1) is 13.4. The zero-order valence-electron chi connectivity index (χ0n) is 9.50. The Balaban J connectivity index is 3.74. The molecule has 4 nitrogen and oxygen atoms in total. The molecule has 0 aromatic rings. The molecule has 1 unspecified atom stereocenters. The second kappa shape index (κ2) is 5.98. The maximum absolute atomic E-state index is 11.4. The zero-order chi connectivity index (χ0) is 11.2. The number of carbonyl (C=O) groups excluding carboxylic acids is 1. The molecule has 0 aliphatic carbocycles. The Kier molecular flexibility index (Phi) is 5.72. The smallest absolute Gasteiger partial charge is 0.323 e. The molecule has 0 bridgehead atoms. The quantitative estimate of drug-likeness (QED) is 0.533. The summed E-state index contributed by atoms with van der Waals surface area (Å²) >= 11 is 0. The van der Waals surface area contributed by atoms with Crippen molar-refractivity contribution in [2.24, 2.45) is 11.1 Å². The lowest BCUT2D eigenvalue weighted by atomic mass is 9.87. The molecule has 0 aliphatic heterocycles. The first-order valence-corrected chi connectivity index (χ1v) is 4.80. The van der Waals surface area contributed by atoms with Gasteiger partial charge in [0, 0.05) is 20.1 Å². The van der Waals surface area contributed by atoms with Crippen molar-refractivity contribution in [1.29, 1.82) is 0 Å². The summed E-state index contributed by atoms with van der Waals surface area (Å²) in [5.74, 6) is -0.339. The van der Waals surface area contributed by atoms with Crippen molar-refractivity contribution < 1.29 is 14.3 Å². The largest absolute Gasteiger partial charge is 0.464 e. The fourth-order valence-electron chi connectivity index (χ4n) is 0.819. The van der Waals surface area contributed by atoms with Crippen LogP contribution < -0.4 is 5.73 Å². The summed E-state index contributed by atoms with van der Waals surface area (Å²) in [4.78, 5) is 11.4. The van der Waals surface area contributed by atoms with Crippen LogP contribution in [0.1, 0.15) is 27.2 Å². The van der Waals surface area contributed by atoms with Crippen molar-refractivity contribution in [2.75, 3.05) is 20.3 Å². The van der Waals surface area contributed by atoms with Gasteiger partial charge in [0.25, 0.3) is 0 Å². The van der Waals surface area contributed by atoms with E-state index in [2.05, 4.69) is 0 Å². The lowest BCUT2D eigenvalue weighted by molar-refractivity contribution is -0.148. The van der Waals surface area contributed by atoms with Crippen LogP contribution in [0.5, 0.6) is 0 Å². The maximum Gasteiger partial charge on any atom is 0.323 e. The van der Waals surface area contributed by atoms with E-state index in [4.69, 9.17) is 15.2 Å². The summed E-state index contributed by atoms with van der Waals surface area (Å²) in [7, 11) is 1.61. The Labute approximate surface area is 85.8 Å². The second-order valence-electron chi connectivity index (χ2n) is 4.36. The number of rotatable bonds is 5. The van der Waals surface area contributed by atoms with Crippen LogP contribution in [0.15, 0.2) is 0 Å². The predicted octanol–water partition coefficient (Wildman–Crippen LogP) is 0.939. The van der Waals surface area contributed by atoms with Crippen LogP contribution in [0.2, 0.25) is 0 Å². The molecule has 0 spiro atoms. The zero-order valence-corrected chi connectivity index (χ0v) is 9.50. The standard InChI is InChI=1S/C10H21NO3/c1-10(2,3)8(11)9(12)14-7-5-6-13-4/h8H,5-7,11H2,1-4H3. The highest BCUT2D eigenvalue weighted by molar-refractivity contribution is 5.76. The molecule has 0 saturated heterocycles. The van der Waals surface area contributed by atoms with Gasteiger partial charge in [-0.1, -0.05) is 20.8 Å². The van der Waals surface area contributed by atoms with Crippen LogP contribution in [0, 0.1) is 5.41 Å².